The van der Waals surface area contributed by atoms with Gasteiger partial charge in [0, 0.05) is 0 Å². The molecule has 0 heterocycles. The SMILES string of the molecule is Cc1ccccc1C(C)NC(=O)Cc1ccc(C#N)cc1. The number of carbonyl (C=O) groups excluding carboxylic acids is 1. The summed E-state index contributed by atoms with van der Waals surface area (Å²) in [6.45, 7) is 4.03. The third-order valence-corrected chi connectivity index (χ3v) is 3.48. The number of amides is 1. The second kappa shape index (κ2) is 6.71. The molecule has 0 aliphatic heterocycles. The van der Waals surface area contributed by atoms with Gasteiger partial charge in [-0.05, 0) is 42.7 Å². The highest BCUT2D eigenvalue weighted by Gasteiger charge is 2.11. The van der Waals surface area contributed by atoms with Crippen LogP contribution in [0, 0.1) is 18.3 Å². The Morgan fingerprint density at radius 2 is 1.86 bits per heavy atom. The van der Waals surface area contributed by atoms with Crippen molar-refractivity contribution in [2.75, 3.05) is 0 Å². The predicted octanol–water partition coefficient (Wildman–Crippen LogP) is 3.29. The van der Waals surface area contributed by atoms with Crippen molar-refractivity contribution in [2.45, 2.75) is 26.3 Å². The van der Waals surface area contributed by atoms with Gasteiger partial charge >= 0.3 is 0 Å². The predicted molar refractivity (Wildman–Crippen MR) is 82.6 cm³/mol. The van der Waals surface area contributed by atoms with E-state index in [1.165, 1.54) is 5.56 Å². The standard InChI is InChI=1S/C18H18N2O/c1-13-5-3-4-6-17(13)14(2)20-18(21)11-15-7-9-16(12-19)10-8-15/h3-10,14H,11H2,1-2H3,(H,20,21). The minimum Gasteiger partial charge on any atom is -0.349 e. The van der Waals surface area contributed by atoms with Crippen molar-refractivity contribution in [1.82, 2.24) is 5.32 Å². The molecule has 0 bridgehead atoms. The minimum atomic E-state index is -0.0181. The van der Waals surface area contributed by atoms with Crippen LogP contribution in [0.4, 0.5) is 0 Å². The van der Waals surface area contributed by atoms with Gasteiger partial charge in [0.25, 0.3) is 0 Å². The Hall–Kier alpha value is -2.60. The van der Waals surface area contributed by atoms with Crippen LogP contribution in [0.15, 0.2) is 48.5 Å². The highest BCUT2D eigenvalue weighted by atomic mass is 16.1. The van der Waals surface area contributed by atoms with Gasteiger partial charge in [-0.2, -0.15) is 5.26 Å². The second-order valence-electron chi connectivity index (χ2n) is 5.13. The summed E-state index contributed by atoms with van der Waals surface area (Å²) < 4.78 is 0. The van der Waals surface area contributed by atoms with Crippen LogP contribution in [0.1, 0.15) is 35.2 Å². The first-order valence-electron chi connectivity index (χ1n) is 6.94. The number of rotatable bonds is 4. The van der Waals surface area contributed by atoms with E-state index in [1.54, 1.807) is 12.1 Å². The monoisotopic (exact) mass is 278 g/mol. The third kappa shape index (κ3) is 3.93. The van der Waals surface area contributed by atoms with Crippen molar-refractivity contribution in [2.24, 2.45) is 0 Å². The van der Waals surface area contributed by atoms with Gasteiger partial charge in [-0.25, -0.2) is 0 Å². The maximum absolute atomic E-state index is 12.1. The molecule has 0 saturated heterocycles. The summed E-state index contributed by atoms with van der Waals surface area (Å²) in [4.78, 5) is 12.1. The van der Waals surface area contributed by atoms with Gasteiger partial charge in [0.1, 0.15) is 0 Å². The Morgan fingerprint density at radius 1 is 1.19 bits per heavy atom. The summed E-state index contributed by atoms with van der Waals surface area (Å²) in [5.41, 5.74) is 3.81. The largest absolute Gasteiger partial charge is 0.349 e. The fraction of sp³-hybridized carbons (Fsp3) is 0.222. The number of nitriles is 1. The molecule has 0 aliphatic rings. The maximum atomic E-state index is 12.1. The fourth-order valence-corrected chi connectivity index (χ4v) is 2.33. The van der Waals surface area contributed by atoms with Gasteiger partial charge in [0.15, 0.2) is 0 Å². The molecular formula is C18H18N2O. The van der Waals surface area contributed by atoms with Gasteiger partial charge < -0.3 is 5.32 Å². The Morgan fingerprint density at radius 3 is 2.48 bits per heavy atom. The first-order chi connectivity index (χ1) is 10.1. The lowest BCUT2D eigenvalue weighted by atomic mass is 10.0. The molecule has 0 aromatic heterocycles. The smallest absolute Gasteiger partial charge is 0.224 e. The zero-order chi connectivity index (χ0) is 15.2. The van der Waals surface area contributed by atoms with E-state index in [0.717, 1.165) is 11.1 Å². The molecular weight excluding hydrogens is 260 g/mol. The van der Waals surface area contributed by atoms with E-state index >= 15 is 0 Å². The summed E-state index contributed by atoms with van der Waals surface area (Å²) in [6.07, 6.45) is 0.321. The molecule has 2 rings (SSSR count). The number of carbonyl (C=O) groups is 1. The van der Waals surface area contributed by atoms with E-state index in [1.807, 2.05) is 50.2 Å². The number of nitrogens with zero attached hydrogens (tertiary/aromatic N) is 1. The number of benzene rings is 2. The molecule has 1 atom stereocenters. The number of hydrogen-bond acceptors (Lipinski definition) is 2. The quantitative estimate of drug-likeness (QED) is 0.933. The summed E-state index contributed by atoms with van der Waals surface area (Å²) in [7, 11) is 0. The van der Waals surface area contributed by atoms with Crippen LogP contribution >= 0.6 is 0 Å². The Balaban J connectivity index is 1.98. The van der Waals surface area contributed by atoms with Crippen LogP contribution in [0.3, 0.4) is 0 Å². The summed E-state index contributed by atoms with van der Waals surface area (Å²) >= 11 is 0. The lowest BCUT2D eigenvalue weighted by Crippen LogP contribution is -2.28. The van der Waals surface area contributed by atoms with Crippen LogP contribution < -0.4 is 5.32 Å². The molecule has 3 heteroatoms. The zero-order valence-electron chi connectivity index (χ0n) is 12.3. The molecule has 21 heavy (non-hydrogen) atoms. The van der Waals surface area contributed by atoms with Crippen molar-refractivity contribution >= 4 is 5.91 Å². The molecule has 3 nitrogen and oxygen atoms in total. The average Bonchev–Trinajstić information content (AvgIpc) is 2.48. The van der Waals surface area contributed by atoms with E-state index in [-0.39, 0.29) is 11.9 Å². The first kappa shape index (κ1) is 14.8. The van der Waals surface area contributed by atoms with Gasteiger partial charge in [0.05, 0.1) is 24.1 Å². The molecule has 106 valence electrons. The van der Waals surface area contributed by atoms with Crippen molar-refractivity contribution in [3.63, 3.8) is 0 Å². The molecule has 1 unspecified atom stereocenters. The molecule has 2 aromatic carbocycles. The minimum absolute atomic E-state index is 0.0166. The summed E-state index contributed by atoms with van der Waals surface area (Å²) in [6, 6.07) is 17.2. The van der Waals surface area contributed by atoms with Gasteiger partial charge in [-0.3, -0.25) is 4.79 Å². The van der Waals surface area contributed by atoms with Gasteiger partial charge in [-0.1, -0.05) is 36.4 Å². The van der Waals surface area contributed by atoms with Crippen molar-refractivity contribution < 1.29 is 4.79 Å². The van der Waals surface area contributed by atoms with Crippen LogP contribution in [-0.2, 0) is 11.2 Å². The molecule has 0 aliphatic carbocycles. The Labute approximate surface area is 125 Å². The van der Waals surface area contributed by atoms with Crippen molar-refractivity contribution in [3.8, 4) is 6.07 Å². The van der Waals surface area contributed by atoms with Crippen LogP contribution in [0.2, 0.25) is 0 Å². The van der Waals surface area contributed by atoms with Crippen LogP contribution in [0.25, 0.3) is 0 Å². The summed E-state index contributed by atoms with van der Waals surface area (Å²) in [5.74, 6) is -0.0181. The van der Waals surface area contributed by atoms with Crippen molar-refractivity contribution in [1.29, 1.82) is 5.26 Å². The average molecular weight is 278 g/mol. The third-order valence-electron chi connectivity index (χ3n) is 3.48. The molecule has 1 N–H and O–H groups in total. The van der Waals surface area contributed by atoms with Gasteiger partial charge in [-0.15, -0.1) is 0 Å². The normalized spacial score (nSPS) is 11.5. The van der Waals surface area contributed by atoms with E-state index in [9.17, 15) is 4.79 Å². The fourth-order valence-electron chi connectivity index (χ4n) is 2.33. The van der Waals surface area contributed by atoms with Gasteiger partial charge in [0.2, 0.25) is 5.91 Å². The number of hydrogen-bond donors (Lipinski definition) is 1. The maximum Gasteiger partial charge on any atom is 0.224 e. The lowest BCUT2D eigenvalue weighted by molar-refractivity contribution is -0.121. The van der Waals surface area contributed by atoms with Crippen molar-refractivity contribution in [3.05, 3.63) is 70.8 Å². The first-order valence-corrected chi connectivity index (χ1v) is 6.94. The van der Waals surface area contributed by atoms with Crippen LogP contribution in [0.5, 0.6) is 0 Å². The molecule has 0 radical (unpaired) electrons. The topological polar surface area (TPSA) is 52.9 Å². The van der Waals surface area contributed by atoms with E-state index in [0.29, 0.717) is 12.0 Å². The molecule has 0 fully saturated rings. The lowest BCUT2D eigenvalue weighted by Gasteiger charge is -2.16. The zero-order valence-corrected chi connectivity index (χ0v) is 12.3. The van der Waals surface area contributed by atoms with E-state index in [2.05, 4.69) is 11.4 Å². The van der Waals surface area contributed by atoms with E-state index < -0.39 is 0 Å². The summed E-state index contributed by atoms with van der Waals surface area (Å²) in [5, 5.41) is 11.8. The number of nitrogens with one attached hydrogen (secondary N) is 1. The Bertz CT molecular complexity index is 668. The number of aryl methyl sites for hydroxylation is 1. The highest BCUT2D eigenvalue weighted by Crippen LogP contribution is 2.16. The second-order valence-corrected chi connectivity index (χ2v) is 5.13. The molecule has 0 spiro atoms. The molecule has 1 amide bonds. The Kier molecular flexibility index (Phi) is 4.73. The molecule has 0 saturated carbocycles. The molecule has 2 aromatic rings. The van der Waals surface area contributed by atoms with Crippen LogP contribution in [-0.4, -0.2) is 5.91 Å². The van der Waals surface area contributed by atoms with E-state index in [4.69, 9.17) is 5.26 Å². The highest BCUT2D eigenvalue weighted by molar-refractivity contribution is 5.79.